The monoisotopic (exact) mass is 886 g/mol. The molecular weight excluding hydrogens is 841 g/mol. The van der Waals surface area contributed by atoms with E-state index in [-0.39, 0.29) is 33.8 Å². The van der Waals surface area contributed by atoms with Crippen LogP contribution in [-0.2, 0) is 5.41 Å². The first kappa shape index (κ1) is 44.6. The Balaban J connectivity index is 0.000000139. The summed E-state index contributed by atoms with van der Waals surface area (Å²) in [6.45, 7) is 6.41. The molecule has 332 valence electrons. The molecule has 13 heteroatoms. The minimum atomic E-state index is -0.360. The SMILES string of the molecule is CC(C)(C)c1ccc(O)c(-n2nc3ccccc3n2)c1.COc1ccc(-c2nc(-c3ccccc3)nc(-c3ccccc3)n2)c(O)c1.O=c1[nH]c2ccccc2c(O)c1C=Nc1ccccc1. The van der Waals surface area contributed by atoms with Crippen molar-refractivity contribution in [2.45, 2.75) is 26.2 Å². The van der Waals surface area contributed by atoms with Gasteiger partial charge in [0.1, 0.15) is 45.3 Å². The molecule has 0 radical (unpaired) electrons. The van der Waals surface area contributed by atoms with Crippen LogP contribution >= 0.6 is 0 Å². The highest BCUT2D eigenvalue weighted by molar-refractivity contribution is 5.95. The summed E-state index contributed by atoms with van der Waals surface area (Å²) < 4.78 is 5.16. The number of aromatic nitrogens is 7. The lowest BCUT2D eigenvalue weighted by Crippen LogP contribution is -2.12. The Hall–Kier alpha value is -8.97. The van der Waals surface area contributed by atoms with E-state index in [9.17, 15) is 20.1 Å². The number of aromatic amines is 1. The van der Waals surface area contributed by atoms with Crippen LogP contribution in [0.15, 0.2) is 186 Å². The average molecular weight is 887 g/mol. The molecule has 13 nitrogen and oxygen atoms in total. The number of nitrogens with zero attached hydrogens (tertiary/aromatic N) is 7. The highest BCUT2D eigenvalue weighted by atomic mass is 16.5. The first-order valence-electron chi connectivity index (χ1n) is 21.3. The van der Waals surface area contributed by atoms with Gasteiger partial charge >= 0.3 is 0 Å². The highest BCUT2D eigenvalue weighted by Crippen LogP contribution is 2.33. The van der Waals surface area contributed by atoms with E-state index < -0.39 is 0 Å². The summed E-state index contributed by atoms with van der Waals surface area (Å²) in [5.41, 5.74) is 6.78. The maximum atomic E-state index is 12.0. The Morgan fingerprint density at radius 1 is 0.612 bits per heavy atom. The maximum absolute atomic E-state index is 12.0. The highest BCUT2D eigenvalue weighted by Gasteiger charge is 2.18. The van der Waals surface area contributed by atoms with Crippen molar-refractivity contribution in [3.63, 3.8) is 0 Å². The van der Waals surface area contributed by atoms with E-state index in [4.69, 9.17) is 4.74 Å². The zero-order valence-electron chi connectivity index (χ0n) is 37.1. The summed E-state index contributed by atoms with van der Waals surface area (Å²) in [6.07, 6.45) is 1.38. The van der Waals surface area contributed by atoms with Gasteiger partial charge in [-0.2, -0.15) is 0 Å². The second kappa shape index (κ2) is 19.8. The predicted molar refractivity (Wildman–Crippen MR) is 264 cm³/mol. The lowest BCUT2D eigenvalue weighted by molar-refractivity contribution is 0.408. The topological polar surface area (TPSA) is 185 Å². The van der Waals surface area contributed by atoms with Crippen molar-refractivity contribution in [1.29, 1.82) is 0 Å². The van der Waals surface area contributed by atoms with Gasteiger partial charge in [-0.15, -0.1) is 15.0 Å². The number of phenols is 2. The number of ether oxygens (including phenoxy) is 1. The molecule has 10 aromatic rings. The molecule has 0 aliphatic rings. The van der Waals surface area contributed by atoms with Crippen LogP contribution in [0, 0.1) is 0 Å². The number of aliphatic imine (C=N–C) groups is 1. The maximum Gasteiger partial charge on any atom is 0.261 e. The largest absolute Gasteiger partial charge is 0.507 e. The lowest BCUT2D eigenvalue weighted by Gasteiger charge is -2.19. The van der Waals surface area contributed by atoms with Crippen LogP contribution in [0.25, 0.3) is 61.8 Å². The van der Waals surface area contributed by atoms with E-state index in [0.29, 0.717) is 45.4 Å². The fraction of sp³-hybridized carbons (Fsp3) is 0.0926. The second-order valence-electron chi connectivity index (χ2n) is 16.2. The summed E-state index contributed by atoms with van der Waals surface area (Å²) in [6, 6.07) is 54.1. The molecule has 0 saturated carbocycles. The Kier molecular flexibility index (Phi) is 13.2. The summed E-state index contributed by atoms with van der Waals surface area (Å²) >= 11 is 0. The molecule has 0 aliphatic carbocycles. The van der Waals surface area contributed by atoms with E-state index >= 15 is 0 Å². The Labute approximate surface area is 386 Å². The summed E-state index contributed by atoms with van der Waals surface area (Å²) in [5.74, 6) is 2.25. The van der Waals surface area contributed by atoms with E-state index in [2.05, 4.69) is 55.9 Å². The van der Waals surface area contributed by atoms with Gasteiger partial charge in [-0.25, -0.2) is 15.0 Å². The Morgan fingerprint density at radius 2 is 1.16 bits per heavy atom. The van der Waals surface area contributed by atoms with Crippen LogP contribution in [0.2, 0.25) is 0 Å². The van der Waals surface area contributed by atoms with Crippen LogP contribution in [-0.4, -0.2) is 63.6 Å². The van der Waals surface area contributed by atoms with Gasteiger partial charge < -0.3 is 25.0 Å². The third-order valence-electron chi connectivity index (χ3n) is 10.5. The number of nitrogens with one attached hydrogen (secondary N) is 1. The smallest absolute Gasteiger partial charge is 0.261 e. The van der Waals surface area contributed by atoms with Crippen molar-refractivity contribution >= 4 is 33.8 Å². The molecule has 0 unspecified atom stereocenters. The Morgan fingerprint density at radius 3 is 1.75 bits per heavy atom. The van der Waals surface area contributed by atoms with Crippen molar-refractivity contribution < 1.29 is 20.1 Å². The standard InChI is InChI=1S/C22H17N3O2.C16H17N3O.C16H12N2O2/c1-27-17-12-13-18(19(26)14-17)22-24-20(15-8-4-2-5-9-15)23-21(25-22)16-10-6-3-7-11-16;1-16(2,3)11-8-9-15(20)14(10-11)19-17-12-6-4-5-7-13(12)18-19;19-15-12-8-4-5-9-14(12)18-16(20)13(15)10-17-11-6-2-1-3-7-11/h2-14,26H,1H3;4-10,20H,1-3H3;1-10H,(H2,18,19,20). The summed E-state index contributed by atoms with van der Waals surface area (Å²) in [7, 11) is 1.55. The van der Waals surface area contributed by atoms with Gasteiger partial charge in [0.2, 0.25) is 0 Å². The van der Waals surface area contributed by atoms with Crippen molar-refractivity contribution in [2.24, 2.45) is 4.99 Å². The predicted octanol–water partition coefficient (Wildman–Crippen LogP) is 11.0. The lowest BCUT2D eigenvalue weighted by atomic mass is 9.87. The zero-order chi connectivity index (χ0) is 46.9. The molecule has 0 amide bonds. The molecule has 10 rings (SSSR count). The Bertz CT molecular complexity index is 3300. The van der Waals surface area contributed by atoms with Crippen molar-refractivity contribution in [1.82, 2.24) is 34.9 Å². The number of hydrogen-bond acceptors (Lipinski definition) is 11. The van der Waals surface area contributed by atoms with Crippen molar-refractivity contribution in [3.8, 4) is 62.8 Å². The van der Waals surface area contributed by atoms with Crippen LogP contribution in [0.4, 0.5) is 5.69 Å². The van der Waals surface area contributed by atoms with Gasteiger partial charge in [0.15, 0.2) is 17.5 Å². The number of phenolic OH excluding ortho intramolecular Hbond substituents is 2. The van der Waals surface area contributed by atoms with E-state index in [1.54, 1.807) is 55.6 Å². The molecule has 0 aliphatic heterocycles. The molecule has 0 saturated heterocycles. The summed E-state index contributed by atoms with van der Waals surface area (Å²) in [5, 5.41) is 40.1. The van der Waals surface area contributed by atoms with Crippen LogP contribution < -0.4 is 10.3 Å². The number of benzene rings is 7. The van der Waals surface area contributed by atoms with Gasteiger partial charge in [-0.3, -0.25) is 9.79 Å². The minimum Gasteiger partial charge on any atom is -0.507 e. The van der Waals surface area contributed by atoms with Gasteiger partial charge in [-0.05, 0) is 71.6 Å². The third kappa shape index (κ3) is 10.5. The van der Waals surface area contributed by atoms with Gasteiger partial charge in [0.05, 0.1) is 23.9 Å². The van der Waals surface area contributed by atoms with Crippen LogP contribution in [0.5, 0.6) is 23.0 Å². The fourth-order valence-corrected chi connectivity index (χ4v) is 6.89. The number of methoxy groups -OCH3 is 1. The van der Waals surface area contributed by atoms with Gasteiger partial charge in [0.25, 0.3) is 5.56 Å². The number of hydrogen-bond donors (Lipinski definition) is 4. The summed E-state index contributed by atoms with van der Waals surface area (Å²) in [4.78, 5) is 34.2. The van der Waals surface area contributed by atoms with Crippen molar-refractivity contribution in [2.75, 3.05) is 7.11 Å². The molecule has 0 bridgehead atoms. The van der Waals surface area contributed by atoms with Crippen LogP contribution in [0.3, 0.4) is 0 Å². The number of para-hydroxylation sites is 2. The number of rotatable bonds is 7. The number of aromatic hydroxyl groups is 3. The molecule has 4 N–H and O–H groups in total. The molecule has 3 heterocycles. The first-order chi connectivity index (χ1) is 32.4. The molecule has 0 fully saturated rings. The molecule has 3 aromatic heterocycles. The molecule has 7 aromatic carbocycles. The molecule has 0 spiro atoms. The minimum absolute atomic E-state index is 0.00895. The normalized spacial score (nSPS) is 11.2. The molecular formula is C54H46N8O5. The third-order valence-corrected chi connectivity index (χ3v) is 10.5. The second-order valence-corrected chi connectivity index (χ2v) is 16.2. The zero-order valence-corrected chi connectivity index (χ0v) is 37.1. The quantitative estimate of drug-likeness (QED) is 0.112. The molecule has 67 heavy (non-hydrogen) atoms. The van der Waals surface area contributed by atoms with Crippen molar-refractivity contribution in [3.05, 3.63) is 197 Å². The first-order valence-corrected chi connectivity index (χ1v) is 21.3. The van der Waals surface area contributed by atoms with Gasteiger partial charge in [0, 0.05) is 28.8 Å². The fourth-order valence-electron chi connectivity index (χ4n) is 6.89. The number of pyridine rings is 1. The van der Waals surface area contributed by atoms with Gasteiger partial charge in [-0.1, -0.05) is 130 Å². The van der Waals surface area contributed by atoms with Crippen LogP contribution in [0.1, 0.15) is 31.9 Å². The average Bonchev–Trinajstić information content (AvgIpc) is 3.79. The van der Waals surface area contributed by atoms with E-state index in [1.165, 1.54) is 11.0 Å². The van der Waals surface area contributed by atoms with E-state index in [0.717, 1.165) is 33.4 Å². The number of H-pyrrole nitrogens is 1. The molecule has 0 atom stereocenters. The number of fused-ring (bicyclic) bond motifs is 2. The van der Waals surface area contributed by atoms with E-state index in [1.807, 2.05) is 127 Å².